The molecular formula is C13H17Cl2NO2S. The SMILES string of the molecule is CNC(c1ccc(Cl)c(Cl)c1)C1CCCCS1(=O)=O. The van der Waals surface area contributed by atoms with Crippen molar-refractivity contribution >= 4 is 33.0 Å². The van der Waals surface area contributed by atoms with Crippen LogP contribution in [0.25, 0.3) is 0 Å². The molecule has 1 N–H and O–H groups in total. The molecular weight excluding hydrogens is 305 g/mol. The Hall–Kier alpha value is -0.290. The highest BCUT2D eigenvalue weighted by atomic mass is 35.5. The number of nitrogens with one attached hydrogen (secondary N) is 1. The maximum atomic E-state index is 12.2. The van der Waals surface area contributed by atoms with Crippen LogP contribution in [0.3, 0.4) is 0 Å². The lowest BCUT2D eigenvalue weighted by atomic mass is 9.99. The fourth-order valence-electron chi connectivity index (χ4n) is 2.63. The van der Waals surface area contributed by atoms with Crippen LogP contribution in [0.15, 0.2) is 18.2 Å². The summed E-state index contributed by atoms with van der Waals surface area (Å²) in [6.45, 7) is 0. The molecule has 6 heteroatoms. The van der Waals surface area contributed by atoms with Gasteiger partial charge in [0.1, 0.15) is 0 Å². The van der Waals surface area contributed by atoms with Crippen molar-refractivity contribution in [3.05, 3.63) is 33.8 Å². The van der Waals surface area contributed by atoms with Crippen molar-refractivity contribution < 1.29 is 8.42 Å². The van der Waals surface area contributed by atoms with Crippen LogP contribution in [0.2, 0.25) is 10.0 Å². The molecule has 106 valence electrons. The molecule has 0 aromatic heterocycles. The molecule has 1 aromatic rings. The average molecular weight is 322 g/mol. The molecule has 1 aliphatic heterocycles. The third-order valence-corrected chi connectivity index (χ3v) is 6.64. The van der Waals surface area contributed by atoms with Gasteiger partial charge >= 0.3 is 0 Å². The van der Waals surface area contributed by atoms with E-state index in [1.807, 2.05) is 6.07 Å². The number of hydrogen-bond acceptors (Lipinski definition) is 3. The van der Waals surface area contributed by atoms with Crippen molar-refractivity contribution in [3.8, 4) is 0 Å². The minimum atomic E-state index is -3.04. The third kappa shape index (κ3) is 3.24. The van der Waals surface area contributed by atoms with Crippen LogP contribution in [-0.2, 0) is 9.84 Å². The molecule has 2 rings (SSSR count). The highest BCUT2D eigenvalue weighted by molar-refractivity contribution is 7.92. The largest absolute Gasteiger partial charge is 0.312 e. The van der Waals surface area contributed by atoms with Gasteiger partial charge in [0.05, 0.1) is 21.0 Å². The van der Waals surface area contributed by atoms with Crippen molar-refractivity contribution in [2.24, 2.45) is 0 Å². The van der Waals surface area contributed by atoms with Gasteiger partial charge in [-0.05, 0) is 37.6 Å². The summed E-state index contributed by atoms with van der Waals surface area (Å²) in [5.74, 6) is 0.275. The van der Waals surface area contributed by atoms with Crippen LogP contribution in [-0.4, -0.2) is 26.5 Å². The topological polar surface area (TPSA) is 46.2 Å². The second-order valence-corrected chi connectivity index (χ2v) is 7.99. The van der Waals surface area contributed by atoms with Crippen LogP contribution in [0.4, 0.5) is 0 Å². The molecule has 0 amide bonds. The molecule has 0 saturated carbocycles. The first kappa shape index (κ1) is 15.1. The van der Waals surface area contributed by atoms with Gasteiger partial charge in [-0.3, -0.25) is 0 Å². The number of halogens is 2. The zero-order chi connectivity index (χ0) is 14.0. The molecule has 0 aliphatic carbocycles. The molecule has 1 aromatic carbocycles. The second-order valence-electron chi connectivity index (χ2n) is 4.84. The Morgan fingerprint density at radius 1 is 1.26 bits per heavy atom. The standard InChI is InChI=1S/C13H17Cl2NO2S/c1-16-13(9-5-6-10(14)11(15)8-9)12-4-2-3-7-19(12,17)18/h5-6,8,12-13,16H,2-4,7H2,1H3. The van der Waals surface area contributed by atoms with Gasteiger partial charge in [0, 0.05) is 6.04 Å². The lowest BCUT2D eigenvalue weighted by Crippen LogP contribution is -2.39. The number of hydrogen-bond donors (Lipinski definition) is 1. The molecule has 0 bridgehead atoms. The first-order valence-electron chi connectivity index (χ1n) is 6.29. The fraction of sp³-hybridized carbons (Fsp3) is 0.538. The zero-order valence-electron chi connectivity index (χ0n) is 10.7. The highest BCUT2D eigenvalue weighted by Crippen LogP contribution is 2.33. The summed E-state index contributed by atoms with van der Waals surface area (Å²) in [6, 6.07) is 5.05. The summed E-state index contributed by atoms with van der Waals surface area (Å²) >= 11 is 11.9. The summed E-state index contributed by atoms with van der Waals surface area (Å²) in [6.07, 6.45) is 2.40. The van der Waals surface area contributed by atoms with Crippen LogP contribution in [0.1, 0.15) is 30.9 Å². The highest BCUT2D eigenvalue weighted by Gasteiger charge is 2.35. The van der Waals surface area contributed by atoms with Gasteiger partial charge in [-0.15, -0.1) is 0 Å². The van der Waals surface area contributed by atoms with Gasteiger partial charge in [-0.2, -0.15) is 0 Å². The van der Waals surface area contributed by atoms with Crippen molar-refractivity contribution in [3.63, 3.8) is 0 Å². The van der Waals surface area contributed by atoms with Crippen molar-refractivity contribution in [2.75, 3.05) is 12.8 Å². The normalized spacial score (nSPS) is 24.1. The van der Waals surface area contributed by atoms with E-state index in [0.29, 0.717) is 16.5 Å². The Bertz CT molecular complexity index is 560. The Kier molecular flexibility index (Phi) is 4.77. The quantitative estimate of drug-likeness (QED) is 0.929. The van der Waals surface area contributed by atoms with Gasteiger partial charge in [0.25, 0.3) is 0 Å². The van der Waals surface area contributed by atoms with Crippen LogP contribution in [0.5, 0.6) is 0 Å². The summed E-state index contributed by atoms with van der Waals surface area (Å²) in [5, 5.41) is 3.65. The van der Waals surface area contributed by atoms with Crippen molar-refractivity contribution in [1.82, 2.24) is 5.32 Å². The smallest absolute Gasteiger partial charge is 0.155 e. The lowest BCUT2D eigenvalue weighted by Gasteiger charge is -2.30. The number of benzene rings is 1. The van der Waals surface area contributed by atoms with Crippen molar-refractivity contribution in [1.29, 1.82) is 0 Å². The van der Waals surface area contributed by atoms with E-state index < -0.39 is 9.84 Å². The average Bonchev–Trinajstić information content (AvgIpc) is 2.36. The van der Waals surface area contributed by atoms with E-state index in [1.54, 1.807) is 19.2 Å². The van der Waals surface area contributed by atoms with E-state index in [0.717, 1.165) is 18.4 Å². The van der Waals surface area contributed by atoms with Gasteiger partial charge in [0.15, 0.2) is 9.84 Å². The molecule has 2 unspecified atom stereocenters. The molecule has 2 atom stereocenters. The Morgan fingerprint density at radius 3 is 2.58 bits per heavy atom. The van der Waals surface area contributed by atoms with E-state index in [-0.39, 0.29) is 17.0 Å². The maximum absolute atomic E-state index is 12.2. The second kappa shape index (κ2) is 6.00. The monoisotopic (exact) mass is 321 g/mol. The molecule has 0 spiro atoms. The molecule has 0 radical (unpaired) electrons. The Balaban J connectivity index is 2.36. The first-order chi connectivity index (χ1) is 8.95. The lowest BCUT2D eigenvalue weighted by molar-refractivity contribution is 0.469. The van der Waals surface area contributed by atoms with Crippen LogP contribution in [0, 0.1) is 0 Å². The van der Waals surface area contributed by atoms with E-state index in [1.165, 1.54) is 0 Å². The Morgan fingerprint density at radius 2 is 2.00 bits per heavy atom. The maximum Gasteiger partial charge on any atom is 0.155 e. The molecule has 1 heterocycles. The van der Waals surface area contributed by atoms with E-state index >= 15 is 0 Å². The van der Waals surface area contributed by atoms with Gasteiger partial charge < -0.3 is 5.32 Å². The summed E-state index contributed by atoms with van der Waals surface area (Å²) in [5.41, 5.74) is 0.868. The number of rotatable bonds is 3. The molecule has 1 aliphatic rings. The van der Waals surface area contributed by atoms with E-state index in [4.69, 9.17) is 23.2 Å². The summed E-state index contributed by atoms with van der Waals surface area (Å²) in [4.78, 5) is 0. The minimum absolute atomic E-state index is 0.236. The third-order valence-electron chi connectivity index (χ3n) is 3.61. The van der Waals surface area contributed by atoms with Crippen molar-refractivity contribution in [2.45, 2.75) is 30.6 Å². The van der Waals surface area contributed by atoms with E-state index in [9.17, 15) is 8.42 Å². The zero-order valence-corrected chi connectivity index (χ0v) is 13.0. The predicted molar refractivity (Wildman–Crippen MR) is 79.7 cm³/mol. The molecule has 1 fully saturated rings. The number of sulfone groups is 1. The summed E-state index contributed by atoms with van der Waals surface area (Å²) in [7, 11) is -1.27. The predicted octanol–water partition coefficient (Wildman–Crippen LogP) is 3.22. The summed E-state index contributed by atoms with van der Waals surface area (Å²) < 4.78 is 24.4. The van der Waals surface area contributed by atoms with Gasteiger partial charge in [0.2, 0.25) is 0 Å². The first-order valence-corrected chi connectivity index (χ1v) is 8.76. The molecule has 3 nitrogen and oxygen atoms in total. The van der Waals surface area contributed by atoms with E-state index in [2.05, 4.69) is 5.32 Å². The van der Waals surface area contributed by atoms with Crippen LogP contribution >= 0.6 is 23.2 Å². The minimum Gasteiger partial charge on any atom is -0.312 e. The molecule has 19 heavy (non-hydrogen) atoms. The fourth-order valence-corrected chi connectivity index (χ4v) is 5.08. The molecule has 1 saturated heterocycles. The van der Waals surface area contributed by atoms with Gasteiger partial charge in [-0.25, -0.2) is 8.42 Å². The van der Waals surface area contributed by atoms with Crippen LogP contribution < -0.4 is 5.32 Å². The Labute approximate surface area is 124 Å². The van der Waals surface area contributed by atoms with Gasteiger partial charge in [-0.1, -0.05) is 35.7 Å².